The lowest BCUT2D eigenvalue weighted by atomic mass is 10.1. The maximum atomic E-state index is 6.03. The third-order valence-electron chi connectivity index (χ3n) is 4.99. The zero-order chi connectivity index (χ0) is 20.3. The fourth-order valence-electron chi connectivity index (χ4n) is 3.33. The Morgan fingerprint density at radius 1 is 1.27 bits per heavy atom. The number of rotatable bonds is 9. The number of nitrogens with zero attached hydrogens (tertiary/aromatic N) is 4. The molecule has 30 heavy (non-hydrogen) atoms. The molecule has 0 atom stereocenters. The summed E-state index contributed by atoms with van der Waals surface area (Å²) in [5, 5.41) is 14.8. The van der Waals surface area contributed by atoms with Gasteiger partial charge in [-0.05, 0) is 24.0 Å². The predicted octanol–water partition coefficient (Wildman–Crippen LogP) is 2.52. The first-order valence-corrected chi connectivity index (χ1v) is 10.4. The smallest absolute Gasteiger partial charge is 0.191 e. The van der Waals surface area contributed by atoms with Gasteiger partial charge in [0.15, 0.2) is 5.96 Å². The molecule has 0 aliphatic carbocycles. The average molecular weight is 528 g/mol. The van der Waals surface area contributed by atoms with Crippen molar-refractivity contribution in [3.05, 3.63) is 47.5 Å². The van der Waals surface area contributed by atoms with Crippen molar-refractivity contribution in [2.24, 2.45) is 4.99 Å². The van der Waals surface area contributed by atoms with E-state index >= 15 is 0 Å². The first-order valence-electron chi connectivity index (χ1n) is 10.4. The molecular formula is C21H33IN6O2. The monoisotopic (exact) mass is 528 g/mol. The van der Waals surface area contributed by atoms with E-state index in [4.69, 9.17) is 9.47 Å². The number of nitrogens with one attached hydrogen (secondary N) is 2. The van der Waals surface area contributed by atoms with Crippen molar-refractivity contribution in [1.82, 2.24) is 25.4 Å². The van der Waals surface area contributed by atoms with E-state index in [-0.39, 0.29) is 24.0 Å². The minimum absolute atomic E-state index is 0. The molecule has 2 heterocycles. The quantitative estimate of drug-likeness (QED) is 0.296. The van der Waals surface area contributed by atoms with E-state index in [1.54, 1.807) is 13.4 Å². The third-order valence-corrected chi connectivity index (χ3v) is 4.99. The number of aromatic nitrogens is 3. The van der Waals surface area contributed by atoms with Crippen molar-refractivity contribution in [3.63, 3.8) is 0 Å². The van der Waals surface area contributed by atoms with Gasteiger partial charge in [-0.2, -0.15) is 0 Å². The van der Waals surface area contributed by atoms with Crippen LogP contribution in [0.3, 0.4) is 0 Å². The number of hydrogen-bond acceptors (Lipinski definition) is 5. The molecule has 3 rings (SSSR count). The molecule has 0 radical (unpaired) electrons. The van der Waals surface area contributed by atoms with Gasteiger partial charge >= 0.3 is 0 Å². The second kappa shape index (κ2) is 13.6. The summed E-state index contributed by atoms with van der Waals surface area (Å²) in [7, 11) is 1.78. The maximum Gasteiger partial charge on any atom is 0.191 e. The molecule has 0 unspecified atom stereocenters. The fourth-order valence-corrected chi connectivity index (χ4v) is 3.33. The van der Waals surface area contributed by atoms with E-state index in [1.807, 2.05) is 0 Å². The Bertz CT molecular complexity index is 776. The van der Waals surface area contributed by atoms with E-state index in [1.165, 1.54) is 11.1 Å². The van der Waals surface area contributed by atoms with E-state index in [2.05, 4.69) is 61.6 Å². The summed E-state index contributed by atoms with van der Waals surface area (Å²) in [5.41, 5.74) is 2.39. The minimum atomic E-state index is 0. The third kappa shape index (κ3) is 7.84. The van der Waals surface area contributed by atoms with Gasteiger partial charge in [0.2, 0.25) is 0 Å². The van der Waals surface area contributed by atoms with Crippen LogP contribution in [-0.4, -0.2) is 53.6 Å². The van der Waals surface area contributed by atoms with Gasteiger partial charge in [-0.1, -0.05) is 31.2 Å². The molecule has 1 aliphatic heterocycles. The lowest BCUT2D eigenvalue weighted by Gasteiger charge is -2.22. The standard InChI is InChI=1S/C21H32N6O2.HI/c1-3-20-26-25-16-27(20)10-9-23-21(22-2)24-14-17-5-4-6-18(13-17)15-29-19-7-11-28-12-8-19;/h4-6,13,16,19H,3,7-12,14-15H2,1-2H3,(H2,22,23,24);1H. The van der Waals surface area contributed by atoms with Crippen molar-refractivity contribution in [3.8, 4) is 0 Å². The van der Waals surface area contributed by atoms with Crippen LogP contribution in [0.5, 0.6) is 0 Å². The van der Waals surface area contributed by atoms with Crippen LogP contribution in [0.2, 0.25) is 0 Å². The van der Waals surface area contributed by atoms with E-state index < -0.39 is 0 Å². The molecule has 1 aromatic heterocycles. The predicted molar refractivity (Wildman–Crippen MR) is 128 cm³/mol. The van der Waals surface area contributed by atoms with Crippen molar-refractivity contribution in [2.45, 2.75) is 52.0 Å². The normalized spacial score (nSPS) is 14.9. The number of benzene rings is 1. The Balaban J connectivity index is 0.00000320. The van der Waals surface area contributed by atoms with Crippen LogP contribution in [-0.2, 0) is 35.6 Å². The van der Waals surface area contributed by atoms with Crippen LogP contribution in [0.1, 0.15) is 36.7 Å². The number of guanidine groups is 1. The molecular weight excluding hydrogens is 495 g/mol. The van der Waals surface area contributed by atoms with Crippen LogP contribution in [0.4, 0.5) is 0 Å². The second-order valence-electron chi connectivity index (χ2n) is 7.09. The summed E-state index contributed by atoms with van der Waals surface area (Å²) in [4.78, 5) is 4.30. The van der Waals surface area contributed by atoms with Crippen molar-refractivity contribution < 1.29 is 9.47 Å². The van der Waals surface area contributed by atoms with Crippen LogP contribution < -0.4 is 10.6 Å². The summed E-state index contributed by atoms with van der Waals surface area (Å²) in [5.74, 6) is 1.77. The Morgan fingerprint density at radius 2 is 2.07 bits per heavy atom. The molecule has 1 aromatic carbocycles. The highest BCUT2D eigenvalue weighted by Gasteiger charge is 2.14. The van der Waals surface area contributed by atoms with E-state index in [9.17, 15) is 0 Å². The largest absolute Gasteiger partial charge is 0.381 e. The zero-order valence-corrected chi connectivity index (χ0v) is 20.2. The van der Waals surface area contributed by atoms with Gasteiger partial charge in [0.05, 0.1) is 12.7 Å². The number of aliphatic imine (C=N–C) groups is 1. The highest BCUT2D eigenvalue weighted by atomic mass is 127. The van der Waals surface area contributed by atoms with Crippen LogP contribution in [0.15, 0.2) is 35.6 Å². The Kier molecular flexibility index (Phi) is 11.1. The molecule has 2 aromatic rings. The van der Waals surface area contributed by atoms with Crippen molar-refractivity contribution in [2.75, 3.05) is 26.8 Å². The van der Waals surface area contributed by atoms with Gasteiger partial charge in [0, 0.05) is 46.3 Å². The topological polar surface area (TPSA) is 85.6 Å². The summed E-state index contributed by atoms with van der Waals surface area (Å²) in [6, 6.07) is 8.49. The van der Waals surface area contributed by atoms with Gasteiger partial charge in [0.25, 0.3) is 0 Å². The minimum Gasteiger partial charge on any atom is -0.381 e. The first kappa shape index (κ1) is 24.5. The molecule has 1 fully saturated rings. The van der Waals surface area contributed by atoms with E-state index in [0.717, 1.165) is 57.3 Å². The van der Waals surface area contributed by atoms with Crippen LogP contribution >= 0.6 is 24.0 Å². The summed E-state index contributed by atoms with van der Waals surface area (Å²) in [6.07, 6.45) is 4.93. The van der Waals surface area contributed by atoms with Gasteiger partial charge < -0.3 is 24.7 Å². The highest BCUT2D eigenvalue weighted by molar-refractivity contribution is 14.0. The lowest BCUT2D eigenvalue weighted by molar-refractivity contribution is -0.0390. The van der Waals surface area contributed by atoms with Gasteiger partial charge in [-0.15, -0.1) is 34.2 Å². The average Bonchev–Trinajstić information content (AvgIpc) is 3.23. The molecule has 2 N–H and O–H groups in total. The van der Waals surface area contributed by atoms with Crippen LogP contribution in [0, 0.1) is 0 Å². The summed E-state index contributed by atoms with van der Waals surface area (Å²) >= 11 is 0. The second-order valence-corrected chi connectivity index (χ2v) is 7.09. The Hall–Kier alpha value is -1.72. The zero-order valence-electron chi connectivity index (χ0n) is 17.8. The molecule has 0 amide bonds. The molecule has 0 saturated carbocycles. The lowest BCUT2D eigenvalue weighted by Crippen LogP contribution is -2.38. The fraction of sp³-hybridized carbons (Fsp3) is 0.571. The first-order chi connectivity index (χ1) is 14.3. The summed E-state index contributed by atoms with van der Waals surface area (Å²) in [6.45, 7) is 6.59. The van der Waals surface area contributed by atoms with Crippen LogP contribution in [0.25, 0.3) is 0 Å². The van der Waals surface area contributed by atoms with E-state index in [0.29, 0.717) is 19.3 Å². The molecule has 1 saturated heterocycles. The van der Waals surface area contributed by atoms with Gasteiger partial charge in [-0.25, -0.2) is 0 Å². The van der Waals surface area contributed by atoms with Gasteiger partial charge in [-0.3, -0.25) is 4.99 Å². The Labute approximate surface area is 195 Å². The number of hydrogen-bond donors (Lipinski definition) is 2. The molecule has 1 aliphatic rings. The molecule has 166 valence electrons. The molecule has 9 heteroatoms. The Morgan fingerprint density at radius 3 is 2.83 bits per heavy atom. The number of aryl methyl sites for hydroxylation is 1. The summed E-state index contributed by atoms with van der Waals surface area (Å²) < 4.78 is 13.5. The van der Waals surface area contributed by atoms with Gasteiger partial charge in [0.1, 0.15) is 12.2 Å². The maximum absolute atomic E-state index is 6.03. The number of halogens is 1. The molecule has 8 nitrogen and oxygen atoms in total. The van der Waals surface area contributed by atoms with Crippen molar-refractivity contribution >= 4 is 29.9 Å². The molecule has 0 spiro atoms. The SMILES string of the molecule is CCc1nncn1CCNC(=NC)NCc1cccc(COC2CCOCC2)c1.I. The van der Waals surface area contributed by atoms with Crippen molar-refractivity contribution in [1.29, 1.82) is 0 Å². The highest BCUT2D eigenvalue weighted by Crippen LogP contribution is 2.14. The number of ether oxygens (including phenoxy) is 2. The molecule has 0 bridgehead atoms.